The summed E-state index contributed by atoms with van der Waals surface area (Å²) in [5.74, 6) is -1.37. The minimum absolute atomic E-state index is 0.0471. The Balaban J connectivity index is 1.92. The molecular formula is C18H18N2O4. The quantitative estimate of drug-likeness (QED) is 0.937. The molecule has 0 radical (unpaired) electrons. The van der Waals surface area contributed by atoms with E-state index in [2.05, 4.69) is 4.98 Å². The van der Waals surface area contributed by atoms with Gasteiger partial charge in [0, 0.05) is 12.7 Å². The Kier molecular flexibility index (Phi) is 4.57. The molecule has 1 aromatic carbocycles. The van der Waals surface area contributed by atoms with Crippen LogP contribution in [-0.4, -0.2) is 46.1 Å². The van der Waals surface area contributed by atoms with E-state index in [4.69, 9.17) is 9.84 Å². The van der Waals surface area contributed by atoms with Gasteiger partial charge >= 0.3 is 5.97 Å². The van der Waals surface area contributed by atoms with Crippen LogP contribution < -0.4 is 0 Å². The van der Waals surface area contributed by atoms with E-state index in [1.165, 1.54) is 18.3 Å². The molecule has 0 saturated carbocycles. The van der Waals surface area contributed by atoms with E-state index in [9.17, 15) is 9.59 Å². The maximum atomic E-state index is 12.9. The molecule has 1 aliphatic heterocycles. The number of carbonyl (C=O) groups excluding carboxylic acids is 1. The average molecular weight is 326 g/mol. The van der Waals surface area contributed by atoms with Crippen LogP contribution in [0.5, 0.6) is 0 Å². The predicted octanol–water partition coefficient (Wildman–Crippen LogP) is 2.38. The summed E-state index contributed by atoms with van der Waals surface area (Å²) in [7, 11) is 0. The number of morpholine rings is 1. The molecule has 24 heavy (non-hydrogen) atoms. The molecule has 0 bridgehead atoms. The summed E-state index contributed by atoms with van der Waals surface area (Å²) < 4.78 is 5.71. The molecule has 1 saturated heterocycles. The van der Waals surface area contributed by atoms with Crippen LogP contribution in [0.25, 0.3) is 0 Å². The van der Waals surface area contributed by atoms with Gasteiger partial charge in [-0.15, -0.1) is 0 Å². The SMILES string of the molecule is CC1CN(C(=O)c2cc(C(=O)O)ccn2)C(c2ccccc2)CO1. The van der Waals surface area contributed by atoms with Gasteiger partial charge in [0.05, 0.1) is 24.3 Å². The van der Waals surface area contributed by atoms with Crippen molar-refractivity contribution in [2.45, 2.75) is 19.1 Å². The minimum Gasteiger partial charge on any atom is -0.478 e. The second-order valence-corrected chi connectivity index (χ2v) is 5.76. The van der Waals surface area contributed by atoms with Gasteiger partial charge in [0.2, 0.25) is 0 Å². The Morgan fingerprint density at radius 1 is 1.25 bits per heavy atom. The van der Waals surface area contributed by atoms with E-state index in [1.807, 2.05) is 37.3 Å². The van der Waals surface area contributed by atoms with Crippen molar-refractivity contribution < 1.29 is 19.4 Å². The third-order valence-electron chi connectivity index (χ3n) is 4.04. The van der Waals surface area contributed by atoms with Gasteiger partial charge < -0.3 is 14.7 Å². The van der Waals surface area contributed by atoms with E-state index < -0.39 is 5.97 Å². The van der Waals surface area contributed by atoms with Crippen LogP contribution in [-0.2, 0) is 4.74 Å². The number of aromatic carboxylic acids is 1. The number of carboxylic acid groups (broad SMARTS) is 1. The fraction of sp³-hybridized carbons (Fsp3) is 0.278. The number of hydrogen-bond acceptors (Lipinski definition) is 4. The monoisotopic (exact) mass is 326 g/mol. The van der Waals surface area contributed by atoms with Crippen molar-refractivity contribution in [3.63, 3.8) is 0 Å². The lowest BCUT2D eigenvalue weighted by molar-refractivity contribution is -0.0449. The van der Waals surface area contributed by atoms with Crippen LogP contribution in [0.4, 0.5) is 0 Å². The molecule has 0 spiro atoms. The highest BCUT2D eigenvalue weighted by Crippen LogP contribution is 2.27. The van der Waals surface area contributed by atoms with Gasteiger partial charge in [0.1, 0.15) is 5.69 Å². The van der Waals surface area contributed by atoms with Crippen molar-refractivity contribution in [2.75, 3.05) is 13.2 Å². The Morgan fingerprint density at radius 2 is 2.00 bits per heavy atom. The lowest BCUT2D eigenvalue weighted by Crippen LogP contribution is -2.47. The van der Waals surface area contributed by atoms with Crippen molar-refractivity contribution in [1.82, 2.24) is 9.88 Å². The van der Waals surface area contributed by atoms with Crippen LogP contribution in [0, 0.1) is 0 Å². The highest BCUT2D eigenvalue weighted by molar-refractivity contribution is 5.96. The molecule has 6 heteroatoms. The van der Waals surface area contributed by atoms with Crippen molar-refractivity contribution >= 4 is 11.9 Å². The van der Waals surface area contributed by atoms with E-state index >= 15 is 0 Å². The summed E-state index contributed by atoms with van der Waals surface area (Å²) >= 11 is 0. The molecule has 0 aliphatic carbocycles. The molecule has 1 N–H and O–H groups in total. The molecule has 2 unspecified atom stereocenters. The topological polar surface area (TPSA) is 79.7 Å². The smallest absolute Gasteiger partial charge is 0.335 e. The zero-order valence-electron chi connectivity index (χ0n) is 13.3. The van der Waals surface area contributed by atoms with Gasteiger partial charge in [-0.2, -0.15) is 0 Å². The van der Waals surface area contributed by atoms with Gasteiger partial charge in [0.15, 0.2) is 0 Å². The van der Waals surface area contributed by atoms with Gasteiger partial charge in [-0.25, -0.2) is 4.79 Å². The summed E-state index contributed by atoms with van der Waals surface area (Å²) in [5.41, 5.74) is 1.16. The van der Waals surface area contributed by atoms with Crippen molar-refractivity contribution in [3.05, 3.63) is 65.5 Å². The summed E-state index contributed by atoms with van der Waals surface area (Å²) in [6.07, 6.45) is 1.26. The number of nitrogens with zero attached hydrogens (tertiary/aromatic N) is 2. The number of carbonyl (C=O) groups is 2. The molecule has 3 rings (SSSR count). The number of carboxylic acids is 1. The molecule has 2 atom stereocenters. The van der Waals surface area contributed by atoms with Crippen LogP contribution in [0.15, 0.2) is 48.7 Å². The average Bonchev–Trinajstić information content (AvgIpc) is 2.62. The van der Waals surface area contributed by atoms with Crippen LogP contribution in [0.2, 0.25) is 0 Å². The summed E-state index contributed by atoms with van der Waals surface area (Å²) in [5, 5.41) is 9.10. The Bertz CT molecular complexity index is 748. The number of ether oxygens (including phenoxy) is 1. The molecular weight excluding hydrogens is 308 g/mol. The Labute approximate surface area is 139 Å². The number of amides is 1. The molecule has 1 aliphatic rings. The number of hydrogen-bond donors (Lipinski definition) is 1. The summed E-state index contributed by atoms with van der Waals surface area (Å²) in [6.45, 7) is 2.73. The van der Waals surface area contributed by atoms with Crippen LogP contribution in [0.1, 0.15) is 39.4 Å². The first-order chi connectivity index (χ1) is 11.6. The molecule has 124 valence electrons. The summed E-state index contributed by atoms with van der Waals surface area (Å²) in [4.78, 5) is 29.8. The molecule has 1 aromatic heterocycles. The predicted molar refractivity (Wildman–Crippen MR) is 86.8 cm³/mol. The normalized spacial score (nSPS) is 20.6. The third-order valence-corrected chi connectivity index (χ3v) is 4.04. The molecule has 2 heterocycles. The Hall–Kier alpha value is -2.73. The Morgan fingerprint density at radius 3 is 2.71 bits per heavy atom. The maximum absolute atomic E-state index is 12.9. The van der Waals surface area contributed by atoms with E-state index in [0.717, 1.165) is 5.56 Å². The molecule has 1 amide bonds. The maximum Gasteiger partial charge on any atom is 0.335 e. The zero-order valence-corrected chi connectivity index (χ0v) is 13.3. The fourth-order valence-electron chi connectivity index (χ4n) is 2.81. The first kappa shape index (κ1) is 16.1. The lowest BCUT2D eigenvalue weighted by atomic mass is 10.0. The number of benzene rings is 1. The molecule has 2 aromatic rings. The number of aromatic nitrogens is 1. The number of rotatable bonds is 3. The van der Waals surface area contributed by atoms with Crippen molar-refractivity contribution in [3.8, 4) is 0 Å². The van der Waals surface area contributed by atoms with Crippen LogP contribution in [0.3, 0.4) is 0 Å². The molecule has 1 fully saturated rings. The van der Waals surface area contributed by atoms with Crippen molar-refractivity contribution in [2.24, 2.45) is 0 Å². The molecule has 6 nitrogen and oxygen atoms in total. The lowest BCUT2D eigenvalue weighted by Gasteiger charge is -2.38. The highest BCUT2D eigenvalue weighted by Gasteiger charge is 2.32. The fourth-order valence-corrected chi connectivity index (χ4v) is 2.81. The standard InChI is InChI=1S/C18H18N2O4/c1-12-10-20(16(11-24-12)13-5-3-2-4-6-13)17(21)15-9-14(18(22)23)7-8-19-15/h2-9,12,16H,10-11H2,1H3,(H,22,23). The third kappa shape index (κ3) is 3.28. The van der Waals surface area contributed by atoms with Gasteiger partial charge in [-0.3, -0.25) is 9.78 Å². The van der Waals surface area contributed by atoms with Gasteiger partial charge in [-0.05, 0) is 24.6 Å². The first-order valence-electron chi connectivity index (χ1n) is 7.73. The largest absolute Gasteiger partial charge is 0.478 e. The highest BCUT2D eigenvalue weighted by atomic mass is 16.5. The minimum atomic E-state index is -1.08. The van der Waals surface area contributed by atoms with Gasteiger partial charge in [-0.1, -0.05) is 30.3 Å². The summed E-state index contributed by atoms with van der Waals surface area (Å²) in [6, 6.07) is 12.1. The second-order valence-electron chi connectivity index (χ2n) is 5.76. The zero-order chi connectivity index (χ0) is 17.1. The van der Waals surface area contributed by atoms with Crippen LogP contribution >= 0.6 is 0 Å². The van der Waals surface area contributed by atoms with E-state index in [1.54, 1.807) is 4.90 Å². The van der Waals surface area contributed by atoms with E-state index in [0.29, 0.717) is 13.2 Å². The second kappa shape index (κ2) is 6.80. The van der Waals surface area contributed by atoms with Crippen molar-refractivity contribution in [1.29, 1.82) is 0 Å². The van der Waals surface area contributed by atoms with Gasteiger partial charge in [0.25, 0.3) is 5.91 Å². The first-order valence-corrected chi connectivity index (χ1v) is 7.73. The van der Waals surface area contributed by atoms with E-state index in [-0.39, 0.29) is 29.3 Å². The number of pyridine rings is 1.